The molecular formula is C12H19NO. The van der Waals surface area contributed by atoms with Crippen LogP contribution in [0, 0.1) is 0 Å². The van der Waals surface area contributed by atoms with Crippen LogP contribution in [0.25, 0.3) is 0 Å². The fraction of sp³-hybridized carbons (Fsp3) is 0.667. The van der Waals surface area contributed by atoms with Crippen LogP contribution in [0.4, 0.5) is 0 Å². The summed E-state index contributed by atoms with van der Waals surface area (Å²) in [6.45, 7) is 6.64. The maximum Gasteiger partial charge on any atom is 0.124 e. The van der Waals surface area contributed by atoms with Gasteiger partial charge in [0.25, 0.3) is 0 Å². The highest BCUT2D eigenvalue weighted by Gasteiger charge is 2.30. The largest absolute Gasteiger partial charge is 0.488 e. The third-order valence-electron chi connectivity index (χ3n) is 2.87. The molecule has 0 N–H and O–H groups in total. The van der Waals surface area contributed by atoms with Crippen LogP contribution in [-0.2, 0) is 4.74 Å². The van der Waals surface area contributed by atoms with Crippen LogP contribution < -0.4 is 0 Å². The maximum absolute atomic E-state index is 5.84. The van der Waals surface area contributed by atoms with Crippen molar-refractivity contribution in [1.29, 1.82) is 0 Å². The summed E-state index contributed by atoms with van der Waals surface area (Å²) >= 11 is 0. The first-order valence-corrected chi connectivity index (χ1v) is 5.53. The number of ether oxygens (including phenoxy) is 1. The molecule has 1 saturated heterocycles. The summed E-state index contributed by atoms with van der Waals surface area (Å²) in [5.74, 6) is 1.07. The molecule has 2 heteroatoms. The average molecular weight is 193 g/mol. The Bertz CT molecular complexity index is 249. The van der Waals surface area contributed by atoms with Gasteiger partial charge in [0.1, 0.15) is 11.9 Å². The Kier molecular flexibility index (Phi) is 2.92. The standard InChI is InChI=1S/C12H19NO/c1-10(2)13-8-12(9-13)14-11-6-4-3-5-7-11/h4,6-7,10,12H,3,5,8-9H2,1-2H3. The molecule has 1 heterocycles. The van der Waals surface area contributed by atoms with Gasteiger partial charge in [-0.3, -0.25) is 4.90 Å². The third kappa shape index (κ3) is 2.18. The van der Waals surface area contributed by atoms with Crippen molar-refractivity contribution in [2.45, 2.75) is 38.8 Å². The molecule has 0 radical (unpaired) electrons. The van der Waals surface area contributed by atoms with Crippen LogP contribution >= 0.6 is 0 Å². The molecule has 1 aliphatic heterocycles. The fourth-order valence-corrected chi connectivity index (χ4v) is 1.84. The highest BCUT2D eigenvalue weighted by molar-refractivity contribution is 5.16. The molecule has 1 fully saturated rings. The van der Waals surface area contributed by atoms with Gasteiger partial charge in [0.2, 0.25) is 0 Å². The minimum Gasteiger partial charge on any atom is -0.488 e. The molecule has 0 spiro atoms. The monoisotopic (exact) mass is 193 g/mol. The van der Waals surface area contributed by atoms with E-state index < -0.39 is 0 Å². The number of allylic oxidation sites excluding steroid dienone is 3. The Hall–Kier alpha value is -0.760. The van der Waals surface area contributed by atoms with Gasteiger partial charge in [0, 0.05) is 19.1 Å². The van der Waals surface area contributed by atoms with Gasteiger partial charge < -0.3 is 4.74 Å². The van der Waals surface area contributed by atoms with Crippen LogP contribution in [0.3, 0.4) is 0 Å². The van der Waals surface area contributed by atoms with E-state index in [2.05, 4.69) is 37.0 Å². The lowest BCUT2D eigenvalue weighted by Gasteiger charge is -2.41. The van der Waals surface area contributed by atoms with E-state index in [1.807, 2.05) is 0 Å². The summed E-state index contributed by atoms with van der Waals surface area (Å²) in [5, 5.41) is 0. The van der Waals surface area contributed by atoms with Crippen molar-refractivity contribution < 1.29 is 4.74 Å². The zero-order valence-corrected chi connectivity index (χ0v) is 9.07. The lowest BCUT2D eigenvalue weighted by Crippen LogP contribution is -2.54. The summed E-state index contributed by atoms with van der Waals surface area (Å²) in [5.41, 5.74) is 0. The Morgan fingerprint density at radius 3 is 2.71 bits per heavy atom. The van der Waals surface area contributed by atoms with Crippen molar-refractivity contribution in [2.75, 3.05) is 13.1 Å². The van der Waals surface area contributed by atoms with Crippen LogP contribution in [0.1, 0.15) is 26.7 Å². The normalized spacial score (nSPS) is 23.5. The van der Waals surface area contributed by atoms with Crippen LogP contribution in [0.5, 0.6) is 0 Å². The molecular weight excluding hydrogens is 174 g/mol. The summed E-state index contributed by atoms with van der Waals surface area (Å²) < 4.78 is 5.84. The molecule has 1 aliphatic carbocycles. The summed E-state index contributed by atoms with van der Waals surface area (Å²) in [7, 11) is 0. The van der Waals surface area contributed by atoms with E-state index in [9.17, 15) is 0 Å². The summed E-state index contributed by atoms with van der Waals surface area (Å²) in [4.78, 5) is 2.43. The van der Waals surface area contributed by atoms with E-state index in [4.69, 9.17) is 4.74 Å². The fourth-order valence-electron chi connectivity index (χ4n) is 1.84. The zero-order valence-electron chi connectivity index (χ0n) is 9.07. The molecule has 0 unspecified atom stereocenters. The smallest absolute Gasteiger partial charge is 0.124 e. The lowest BCUT2D eigenvalue weighted by molar-refractivity contribution is -0.0335. The first kappa shape index (κ1) is 9.78. The van der Waals surface area contributed by atoms with E-state index in [1.165, 1.54) is 0 Å². The molecule has 0 aromatic heterocycles. The van der Waals surface area contributed by atoms with Crippen molar-refractivity contribution in [1.82, 2.24) is 4.90 Å². The third-order valence-corrected chi connectivity index (χ3v) is 2.87. The Balaban J connectivity index is 1.73. The lowest BCUT2D eigenvalue weighted by atomic mass is 10.1. The molecule has 0 aromatic rings. The van der Waals surface area contributed by atoms with Crippen LogP contribution in [0.2, 0.25) is 0 Å². The second-order valence-corrected chi connectivity index (χ2v) is 4.37. The Morgan fingerprint density at radius 2 is 2.14 bits per heavy atom. The molecule has 0 amide bonds. The van der Waals surface area contributed by atoms with Crippen molar-refractivity contribution in [3.63, 3.8) is 0 Å². The maximum atomic E-state index is 5.84. The van der Waals surface area contributed by atoms with Crippen molar-refractivity contribution >= 4 is 0 Å². The highest BCUT2D eigenvalue weighted by Crippen LogP contribution is 2.20. The van der Waals surface area contributed by atoms with Gasteiger partial charge in [-0.15, -0.1) is 0 Å². The summed E-state index contributed by atoms with van der Waals surface area (Å²) in [6, 6.07) is 0.658. The van der Waals surface area contributed by atoms with Gasteiger partial charge in [0.05, 0.1) is 0 Å². The van der Waals surface area contributed by atoms with Gasteiger partial charge in [-0.05, 0) is 38.8 Å². The molecule has 2 rings (SSSR count). The molecule has 0 bridgehead atoms. The molecule has 14 heavy (non-hydrogen) atoms. The van der Waals surface area contributed by atoms with Crippen molar-refractivity contribution in [3.05, 3.63) is 24.0 Å². The minimum absolute atomic E-state index is 0.423. The van der Waals surface area contributed by atoms with E-state index in [1.54, 1.807) is 0 Å². The number of hydrogen-bond donors (Lipinski definition) is 0. The SMILES string of the molecule is CC(C)N1CC(OC2=CCCC=C2)C1. The molecule has 2 aliphatic rings. The van der Waals surface area contributed by atoms with Gasteiger partial charge in [0.15, 0.2) is 0 Å². The number of rotatable bonds is 3. The van der Waals surface area contributed by atoms with Crippen molar-refractivity contribution in [3.8, 4) is 0 Å². The predicted molar refractivity (Wildman–Crippen MR) is 58.0 cm³/mol. The van der Waals surface area contributed by atoms with E-state index in [0.29, 0.717) is 12.1 Å². The first-order chi connectivity index (χ1) is 6.75. The van der Waals surface area contributed by atoms with Crippen LogP contribution in [0.15, 0.2) is 24.0 Å². The van der Waals surface area contributed by atoms with Gasteiger partial charge >= 0.3 is 0 Å². The molecule has 0 saturated carbocycles. The van der Waals surface area contributed by atoms with Gasteiger partial charge in [-0.2, -0.15) is 0 Å². The van der Waals surface area contributed by atoms with E-state index in [0.717, 1.165) is 31.7 Å². The number of nitrogens with zero attached hydrogens (tertiary/aromatic N) is 1. The van der Waals surface area contributed by atoms with Gasteiger partial charge in [-0.25, -0.2) is 0 Å². The average Bonchev–Trinajstić information content (AvgIpc) is 2.12. The van der Waals surface area contributed by atoms with Gasteiger partial charge in [-0.1, -0.05) is 6.08 Å². The second-order valence-electron chi connectivity index (χ2n) is 4.37. The molecule has 78 valence electrons. The highest BCUT2D eigenvalue weighted by atomic mass is 16.5. The topological polar surface area (TPSA) is 12.5 Å². The first-order valence-electron chi connectivity index (χ1n) is 5.53. The Labute approximate surface area is 86.2 Å². The van der Waals surface area contributed by atoms with Crippen molar-refractivity contribution in [2.24, 2.45) is 0 Å². The van der Waals surface area contributed by atoms with E-state index in [-0.39, 0.29) is 0 Å². The molecule has 0 aromatic carbocycles. The summed E-state index contributed by atoms with van der Waals surface area (Å²) in [6.07, 6.45) is 9.20. The minimum atomic E-state index is 0.423. The number of hydrogen-bond acceptors (Lipinski definition) is 2. The second kappa shape index (κ2) is 4.18. The zero-order chi connectivity index (χ0) is 9.97. The molecule has 2 nitrogen and oxygen atoms in total. The van der Waals surface area contributed by atoms with Crippen LogP contribution in [-0.4, -0.2) is 30.1 Å². The predicted octanol–water partition coefficient (Wildman–Crippen LogP) is 2.33. The van der Waals surface area contributed by atoms with E-state index >= 15 is 0 Å². The number of likely N-dealkylation sites (tertiary alicyclic amines) is 1. The Morgan fingerprint density at radius 1 is 1.36 bits per heavy atom. The molecule has 0 atom stereocenters. The quantitative estimate of drug-likeness (QED) is 0.682.